The highest BCUT2D eigenvalue weighted by Gasteiger charge is 2.25. The lowest BCUT2D eigenvalue weighted by molar-refractivity contribution is -0.0715. The molecule has 3 atom stereocenters. The van der Waals surface area contributed by atoms with E-state index in [2.05, 4.69) is 10.3 Å². The zero-order chi connectivity index (χ0) is 17.8. The lowest BCUT2D eigenvalue weighted by Gasteiger charge is -2.22. The monoisotopic (exact) mass is 355 g/mol. The van der Waals surface area contributed by atoms with Crippen molar-refractivity contribution in [3.8, 4) is 0 Å². The summed E-state index contributed by atoms with van der Waals surface area (Å²) in [6.07, 6.45) is -5.88. The molecular formula is C10H18N3O9P. The Balaban J connectivity index is 2.98. The molecule has 0 bridgehead atoms. The molecule has 1 aromatic rings. The van der Waals surface area contributed by atoms with Crippen molar-refractivity contribution in [1.82, 2.24) is 9.97 Å². The SMILES string of the molecule is O=c1[nH]c(NCC(O)[C@H](O)C(O)CO)c(CP(=O)(O)O)c(=O)[nH]1. The van der Waals surface area contributed by atoms with Crippen molar-refractivity contribution in [2.45, 2.75) is 24.5 Å². The molecule has 0 amide bonds. The molecule has 1 rings (SSSR count). The maximum atomic E-state index is 11.6. The fourth-order valence-electron chi connectivity index (χ4n) is 1.71. The predicted molar refractivity (Wildman–Crippen MR) is 77.0 cm³/mol. The largest absolute Gasteiger partial charge is 0.394 e. The molecule has 0 saturated carbocycles. The first kappa shape index (κ1) is 19.5. The van der Waals surface area contributed by atoms with Crippen LogP contribution in [0.15, 0.2) is 9.59 Å². The first-order valence-corrected chi connectivity index (χ1v) is 8.14. The number of aromatic amines is 2. The standard InChI is InChI=1S/C10H18N3O9P/c14-2-6(16)7(17)5(15)1-11-8-4(3-23(20,21)22)9(18)13-10(19)12-8/h5-7,14-17H,1-3H2,(H2,20,21,22)(H3,11,12,13,18,19)/t5?,6?,7-/m0/s1. The van der Waals surface area contributed by atoms with E-state index in [0.717, 1.165) is 0 Å². The van der Waals surface area contributed by atoms with Crippen molar-refractivity contribution in [3.63, 3.8) is 0 Å². The number of anilines is 1. The Bertz CT molecular complexity index is 681. The number of hydrogen-bond acceptors (Lipinski definition) is 8. The van der Waals surface area contributed by atoms with Crippen LogP contribution in [-0.2, 0) is 10.7 Å². The molecule has 9 N–H and O–H groups in total. The summed E-state index contributed by atoms with van der Waals surface area (Å²) in [5.74, 6) is -0.341. The fraction of sp³-hybridized carbons (Fsp3) is 0.600. The number of nitrogens with one attached hydrogen (secondary N) is 3. The van der Waals surface area contributed by atoms with Gasteiger partial charge in [-0.05, 0) is 0 Å². The molecule has 13 heteroatoms. The second kappa shape index (κ2) is 7.84. The molecule has 132 valence electrons. The number of H-pyrrole nitrogens is 2. The molecule has 0 aliphatic heterocycles. The molecule has 23 heavy (non-hydrogen) atoms. The molecule has 2 unspecified atom stereocenters. The Hall–Kier alpha value is -1.53. The zero-order valence-corrected chi connectivity index (χ0v) is 12.6. The molecule has 12 nitrogen and oxygen atoms in total. The van der Waals surface area contributed by atoms with Crippen molar-refractivity contribution < 1.29 is 34.8 Å². The van der Waals surface area contributed by atoms with Gasteiger partial charge in [-0.15, -0.1) is 0 Å². The summed E-state index contributed by atoms with van der Waals surface area (Å²) in [7, 11) is -4.61. The van der Waals surface area contributed by atoms with Gasteiger partial charge in [0.2, 0.25) is 0 Å². The molecule has 0 saturated heterocycles. The highest BCUT2D eigenvalue weighted by Crippen LogP contribution is 2.39. The summed E-state index contributed by atoms with van der Waals surface area (Å²) >= 11 is 0. The molecule has 0 radical (unpaired) electrons. The number of aromatic nitrogens is 2. The van der Waals surface area contributed by atoms with Crippen molar-refractivity contribution in [2.75, 3.05) is 18.5 Å². The van der Waals surface area contributed by atoms with Crippen LogP contribution in [0, 0.1) is 0 Å². The number of aliphatic hydroxyl groups is 4. The van der Waals surface area contributed by atoms with E-state index in [4.69, 9.17) is 14.9 Å². The summed E-state index contributed by atoms with van der Waals surface area (Å²) in [4.78, 5) is 44.7. The minimum absolute atomic E-state index is 0.341. The van der Waals surface area contributed by atoms with Gasteiger partial charge in [0.25, 0.3) is 5.56 Å². The van der Waals surface area contributed by atoms with Crippen LogP contribution >= 0.6 is 7.60 Å². The maximum Gasteiger partial charge on any atom is 0.330 e. The minimum Gasteiger partial charge on any atom is -0.394 e. The van der Waals surface area contributed by atoms with Gasteiger partial charge in [0, 0.05) is 6.54 Å². The van der Waals surface area contributed by atoms with Crippen LogP contribution in [0.1, 0.15) is 5.56 Å². The Kier molecular flexibility index (Phi) is 6.65. The average Bonchev–Trinajstić information content (AvgIpc) is 2.45. The fourth-order valence-corrected chi connectivity index (χ4v) is 2.43. The summed E-state index contributed by atoms with van der Waals surface area (Å²) < 4.78 is 11.0. The van der Waals surface area contributed by atoms with Crippen LogP contribution < -0.4 is 16.6 Å². The lowest BCUT2D eigenvalue weighted by Crippen LogP contribution is -2.43. The highest BCUT2D eigenvalue weighted by atomic mass is 31.2. The van der Waals surface area contributed by atoms with Gasteiger partial charge in [-0.25, -0.2) is 4.79 Å². The Morgan fingerprint density at radius 1 is 1.09 bits per heavy atom. The molecule has 0 aromatic carbocycles. The molecule has 0 aliphatic rings. The van der Waals surface area contributed by atoms with Gasteiger partial charge in [0.05, 0.1) is 24.4 Å². The second-order valence-electron chi connectivity index (χ2n) is 4.77. The molecular weight excluding hydrogens is 337 g/mol. The summed E-state index contributed by atoms with van der Waals surface area (Å²) in [6, 6.07) is 0. The first-order chi connectivity index (χ1) is 10.5. The van der Waals surface area contributed by atoms with Crippen LogP contribution in [0.5, 0.6) is 0 Å². The highest BCUT2D eigenvalue weighted by molar-refractivity contribution is 7.50. The van der Waals surface area contributed by atoms with E-state index in [1.54, 1.807) is 4.98 Å². The molecule has 0 aliphatic carbocycles. The van der Waals surface area contributed by atoms with Crippen molar-refractivity contribution >= 4 is 13.4 Å². The van der Waals surface area contributed by atoms with Crippen LogP contribution in [0.2, 0.25) is 0 Å². The van der Waals surface area contributed by atoms with Gasteiger partial charge in [0.1, 0.15) is 18.0 Å². The molecule has 0 spiro atoms. The predicted octanol–water partition coefficient (Wildman–Crippen LogP) is -3.77. The Morgan fingerprint density at radius 2 is 1.70 bits per heavy atom. The minimum atomic E-state index is -4.61. The van der Waals surface area contributed by atoms with Crippen molar-refractivity contribution in [3.05, 3.63) is 26.4 Å². The third kappa shape index (κ3) is 5.88. The molecule has 1 aromatic heterocycles. The van der Waals surface area contributed by atoms with Gasteiger partial charge in [-0.1, -0.05) is 0 Å². The van der Waals surface area contributed by atoms with Crippen LogP contribution in [0.3, 0.4) is 0 Å². The van der Waals surface area contributed by atoms with Gasteiger partial charge < -0.3 is 35.5 Å². The van der Waals surface area contributed by atoms with E-state index in [9.17, 15) is 29.5 Å². The van der Waals surface area contributed by atoms with E-state index in [1.165, 1.54) is 0 Å². The number of rotatable bonds is 8. The number of aliphatic hydroxyl groups excluding tert-OH is 4. The Morgan fingerprint density at radius 3 is 2.22 bits per heavy atom. The van der Waals surface area contributed by atoms with E-state index in [0.29, 0.717) is 0 Å². The number of hydrogen-bond donors (Lipinski definition) is 9. The van der Waals surface area contributed by atoms with E-state index in [1.807, 2.05) is 0 Å². The van der Waals surface area contributed by atoms with E-state index in [-0.39, 0.29) is 5.82 Å². The van der Waals surface area contributed by atoms with Gasteiger partial charge in [-0.3, -0.25) is 19.3 Å². The summed E-state index contributed by atoms with van der Waals surface area (Å²) in [5.41, 5.74) is -2.41. The van der Waals surface area contributed by atoms with Crippen LogP contribution in [0.25, 0.3) is 0 Å². The average molecular weight is 355 g/mol. The van der Waals surface area contributed by atoms with Gasteiger partial charge in [-0.2, -0.15) is 0 Å². The third-order valence-electron chi connectivity index (χ3n) is 2.87. The molecule has 0 fully saturated rings. The Labute approximate surface area is 128 Å². The van der Waals surface area contributed by atoms with E-state index < -0.39 is 62.0 Å². The zero-order valence-electron chi connectivity index (χ0n) is 11.7. The third-order valence-corrected chi connectivity index (χ3v) is 3.60. The summed E-state index contributed by atoms with van der Waals surface area (Å²) in [5, 5.41) is 39.3. The van der Waals surface area contributed by atoms with Crippen LogP contribution in [0.4, 0.5) is 5.82 Å². The van der Waals surface area contributed by atoms with Crippen molar-refractivity contribution in [2.24, 2.45) is 0 Å². The second-order valence-corrected chi connectivity index (χ2v) is 6.42. The smallest absolute Gasteiger partial charge is 0.330 e. The molecule has 1 heterocycles. The first-order valence-electron chi connectivity index (χ1n) is 6.34. The normalized spacial score (nSPS) is 15.9. The lowest BCUT2D eigenvalue weighted by atomic mass is 10.1. The van der Waals surface area contributed by atoms with Gasteiger partial charge in [0.15, 0.2) is 0 Å². The quantitative estimate of drug-likeness (QED) is 0.207. The summed E-state index contributed by atoms with van der Waals surface area (Å²) in [6.45, 7) is -1.28. The maximum absolute atomic E-state index is 11.6. The van der Waals surface area contributed by atoms with Crippen molar-refractivity contribution in [1.29, 1.82) is 0 Å². The topological polar surface area (TPSA) is 216 Å². The van der Waals surface area contributed by atoms with Crippen LogP contribution in [-0.4, -0.2) is 71.6 Å². The van der Waals surface area contributed by atoms with E-state index >= 15 is 0 Å². The van der Waals surface area contributed by atoms with Gasteiger partial charge >= 0.3 is 13.3 Å².